The molecule has 0 aliphatic heterocycles. The van der Waals surface area contributed by atoms with Crippen LogP contribution in [0.4, 0.5) is 26.3 Å². The van der Waals surface area contributed by atoms with Crippen molar-refractivity contribution in [1.82, 2.24) is 0 Å². The quantitative estimate of drug-likeness (QED) is 0.863. The van der Waals surface area contributed by atoms with Crippen LogP contribution in [0.25, 0.3) is 0 Å². The second-order valence-corrected chi connectivity index (χ2v) is 4.33. The minimum atomic E-state index is -5.49. The van der Waals surface area contributed by atoms with Gasteiger partial charge in [0.15, 0.2) is 5.92 Å². The van der Waals surface area contributed by atoms with Gasteiger partial charge in [-0.1, -0.05) is 17.7 Å². The maximum atomic E-state index is 12.6. The second kappa shape index (κ2) is 5.51. The van der Waals surface area contributed by atoms with Gasteiger partial charge in [-0.05, 0) is 13.0 Å². The van der Waals surface area contributed by atoms with E-state index in [1.807, 2.05) is 0 Å². The third-order valence-corrected chi connectivity index (χ3v) is 2.81. The Labute approximate surface area is 111 Å². The number of ether oxygens (including phenoxy) is 1. The summed E-state index contributed by atoms with van der Waals surface area (Å²) < 4.78 is 80.7. The van der Waals surface area contributed by atoms with E-state index in [4.69, 9.17) is 10.5 Å². The molecule has 0 bridgehead atoms. The zero-order valence-corrected chi connectivity index (χ0v) is 10.6. The summed E-state index contributed by atoms with van der Waals surface area (Å²) in [5.41, 5.74) is 5.40. The van der Waals surface area contributed by atoms with Crippen LogP contribution >= 0.6 is 0 Å². The predicted octanol–water partition coefficient (Wildman–Crippen LogP) is 3.74. The average Bonchev–Trinajstić information content (AvgIpc) is 2.24. The summed E-state index contributed by atoms with van der Waals surface area (Å²) in [6.07, 6.45) is -11.0. The summed E-state index contributed by atoms with van der Waals surface area (Å²) in [6.45, 7) is 1.53. The molecule has 0 fully saturated rings. The fourth-order valence-corrected chi connectivity index (χ4v) is 1.89. The largest absolute Gasteiger partial charge is 0.496 e. The molecule has 0 saturated carbocycles. The lowest BCUT2D eigenvalue weighted by molar-refractivity contribution is -0.290. The van der Waals surface area contributed by atoms with Crippen molar-refractivity contribution in [2.45, 2.75) is 25.3 Å². The fourth-order valence-electron chi connectivity index (χ4n) is 1.89. The Bertz CT molecular complexity index is 454. The topological polar surface area (TPSA) is 35.2 Å². The number of benzene rings is 1. The van der Waals surface area contributed by atoms with Crippen LogP contribution in [0, 0.1) is 12.8 Å². The lowest BCUT2D eigenvalue weighted by Crippen LogP contribution is -2.44. The standard InChI is InChI=1S/C12H13F6NO/c1-6-3-4-8(20-2)7(5-6)9(19)10(11(13,14)15)12(16,17)18/h3-5,9-10H,19H2,1-2H3. The van der Waals surface area contributed by atoms with Gasteiger partial charge in [0.2, 0.25) is 0 Å². The second-order valence-electron chi connectivity index (χ2n) is 4.33. The molecule has 0 aliphatic rings. The Kier molecular flexibility index (Phi) is 4.58. The normalized spacial score (nSPS) is 14.5. The van der Waals surface area contributed by atoms with Gasteiger partial charge < -0.3 is 10.5 Å². The number of rotatable bonds is 3. The minimum Gasteiger partial charge on any atom is -0.496 e. The molecule has 0 spiro atoms. The molecular formula is C12H13F6NO. The Balaban J connectivity index is 3.33. The van der Waals surface area contributed by atoms with Crippen LogP contribution in [0.5, 0.6) is 5.75 Å². The lowest BCUT2D eigenvalue weighted by Gasteiger charge is -2.29. The van der Waals surface area contributed by atoms with E-state index in [9.17, 15) is 26.3 Å². The van der Waals surface area contributed by atoms with Crippen LogP contribution in [0.2, 0.25) is 0 Å². The Morgan fingerprint density at radius 2 is 1.55 bits per heavy atom. The fraction of sp³-hybridized carbons (Fsp3) is 0.500. The number of nitrogens with two attached hydrogens (primary N) is 1. The molecule has 0 saturated heterocycles. The number of aryl methyl sites for hydroxylation is 1. The van der Waals surface area contributed by atoms with Crippen molar-refractivity contribution in [2.24, 2.45) is 11.7 Å². The van der Waals surface area contributed by atoms with Crippen molar-refractivity contribution in [2.75, 3.05) is 7.11 Å². The zero-order valence-electron chi connectivity index (χ0n) is 10.6. The number of hydrogen-bond acceptors (Lipinski definition) is 2. The van der Waals surface area contributed by atoms with Crippen LogP contribution < -0.4 is 10.5 Å². The molecule has 0 amide bonds. The van der Waals surface area contributed by atoms with Gasteiger partial charge in [-0.25, -0.2) is 0 Å². The molecule has 8 heteroatoms. The smallest absolute Gasteiger partial charge is 0.402 e. The molecule has 0 radical (unpaired) electrons. The molecular weight excluding hydrogens is 288 g/mol. The molecule has 1 unspecified atom stereocenters. The molecule has 0 heterocycles. The van der Waals surface area contributed by atoms with E-state index in [1.165, 1.54) is 19.1 Å². The zero-order chi connectivity index (χ0) is 15.7. The monoisotopic (exact) mass is 301 g/mol. The molecule has 2 N–H and O–H groups in total. The van der Waals surface area contributed by atoms with E-state index in [-0.39, 0.29) is 11.3 Å². The van der Waals surface area contributed by atoms with Crippen molar-refractivity contribution in [1.29, 1.82) is 0 Å². The minimum absolute atomic E-state index is 0.110. The van der Waals surface area contributed by atoms with Crippen LogP contribution in [-0.2, 0) is 0 Å². The first-order valence-electron chi connectivity index (χ1n) is 5.52. The summed E-state index contributed by atoms with van der Waals surface area (Å²) in [5.74, 6) is -3.76. The van der Waals surface area contributed by atoms with Gasteiger partial charge in [-0.2, -0.15) is 26.3 Å². The highest BCUT2D eigenvalue weighted by atomic mass is 19.4. The molecule has 20 heavy (non-hydrogen) atoms. The highest BCUT2D eigenvalue weighted by Gasteiger charge is 2.60. The molecule has 0 aliphatic carbocycles. The number of halogens is 6. The summed E-state index contributed by atoms with van der Waals surface area (Å²) in [4.78, 5) is 0. The van der Waals surface area contributed by atoms with Crippen LogP contribution in [0.15, 0.2) is 18.2 Å². The van der Waals surface area contributed by atoms with Gasteiger partial charge in [-0.3, -0.25) is 0 Å². The highest BCUT2D eigenvalue weighted by molar-refractivity contribution is 5.39. The van der Waals surface area contributed by atoms with Crippen molar-refractivity contribution >= 4 is 0 Å². The molecule has 1 aromatic rings. The van der Waals surface area contributed by atoms with Crippen LogP contribution in [-0.4, -0.2) is 19.5 Å². The van der Waals surface area contributed by atoms with Crippen molar-refractivity contribution < 1.29 is 31.1 Å². The van der Waals surface area contributed by atoms with Crippen LogP contribution in [0.1, 0.15) is 17.2 Å². The van der Waals surface area contributed by atoms with Gasteiger partial charge in [-0.15, -0.1) is 0 Å². The van der Waals surface area contributed by atoms with E-state index < -0.39 is 24.3 Å². The molecule has 1 rings (SSSR count). The molecule has 1 aromatic carbocycles. The first kappa shape index (κ1) is 16.6. The third kappa shape index (κ3) is 3.56. The SMILES string of the molecule is COc1ccc(C)cc1C(N)C(C(F)(F)F)C(F)(F)F. The van der Waals surface area contributed by atoms with E-state index in [1.54, 1.807) is 0 Å². The van der Waals surface area contributed by atoms with E-state index in [2.05, 4.69) is 0 Å². The summed E-state index contributed by atoms with van der Waals surface area (Å²) >= 11 is 0. The first-order chi connectivity index (χ1) is 8.98. The lowest BCUT2D eigenvalue weighted by atomic mass is 9.91. The Hall–Kier alpha value is -1.44. The number of hydrogen-bond donors (Lipinski definition) is 1. The Morgan fingerprint density at radius 1 is 1.05 bits per heavy atom. The maximum Gasteiger partial charge on any atom is 0.402 e. The van der Waals surface area contributed by atoms with E-state index >= 15 is 0 Å². The number of alkyl halides is 6. The van der Waals surface area contributed by atoms with Gasteiger partial charge in [0.25, 0.3) is 0 Å². The van der Waals surface area contributed by atoms with Crippen molar-refractivity contribution in [3.63, 3.8) is 0 Å². The van der Waals surface area contributed by atoms with Gasteiger partial charge in [0.1, 0.15) is 5.75 Å². The molecule has 1 atom stereocenters. The van der Waals surface area contributed by atoms with Gasteiger partial charge in [0.05, 0.1) is 13.2 Å². The van der Waals surface area contributed by atoms with E-state index in [0.29, 0.717) is 5.56 Å². The van der Waals surface area contributed by atoms with Gasteiger partial charge in [0, 0.05) is 5.56 Å². The highest BCUT2D eigenvalue weighted by Crippen LogP contribution is 2.46. The molecule has 2 nitrogen and oxygen atoms in total. The van der Waals surface area contributed by atoms with Crippen molar-refractivity contribution in [3.05, 3.63) is 29.3 Å². The average molecular weight is 301 g/mol. The van der Waals surface area contributed by atoms with Gasteiger partial charge >= 0.3 is 12.4 Å². The van der Waals surface area contributed by atoms with Crippen LogP contribution in [0.3, 0.4) is 0 Å². The van der Waals surface area contributed by atoms with E-state index in [0.717, 1.165) is 13.2 Å². The molecule has 114 valence electrons. The summed E-state index contributed by atoms with van der Waals surface area (Å²) in [6, 6.07) is 1.66. The number of methoxy groups -OCH3 is 1. The first-order valence-corrected chi connectivity index (χ1v) is 5.52. The predicted molar refractivity (Wildman–Crippen MR) is 60.3 cm³/mol. The maximum absolute atomic E-state index is 12.6. The van der Waals surface area contributed by atoms with Crippen molar-refractivity contribution in [3.8, 4) is 5.75 Å². The Morgan fingerprint density at radius 3 is 1.95 bits per heavy atom. The summed E-state index contributed by atoms with van der Waals surface area (Å²) in [5, 5.41) is 0. The third-order valence-electron chi connectivity index (χ3n) is 2.81. The molecule has 0 aromatic heterocycles. The summed E-state index contributed by atoms with van der Waals surface area (Å²) in [7, 11) is 1.15.